The Kier molecular flexibility index (Phi) is 8.10. The van der Waals surface area contributed by atoms with Gasteiger partial charge in [-0.1, -0.05) is 17.2 Å². The Morgan fingerprint density at radius 2 is 1.82 bits per heavy atom. The van der Waals surface area contributed by atoms with Crippen LogP contribution in [0.3, 0.4) is 0 Å². The minimum Gasteiger partial charge on any atom is -0.378 e. The second-order valence-electron chi connectivity index (χ2n) is 14.2. The molecule has 4 unspecified atom stereocenters. The number of Topliss-reactive ketones (excluding diaryl/α,β-unsaturated/α-hetero) is 1. The zero-order chi connectivity index (χ0) is 30.6. The van der Waals surface area contributed by atoms with E-state index in [-0.39, 0.29) is 18.0 Å². The summed E-state index contributed by atoms with van der Waals surface area (Å²) in [5, 5.41) is 8.11. The van der Waals surface area contributed by atoms with E-state index in [1.165, 1.54) is 39.8 Å². The molecule has 0 spiro atoms. The van der Waals surface area contributed by atoms with E-state index in [4.69, 9.17) is 4.74 Å². The number of aryl methyl sites for hydroxylation is 2. The molecular formula is C35H47N5O3S. The first-order chi connectivity index (χ1) is 21.2. The highest BCUT2D eigenvalue weighted by Gasteiger charge is 2.50. The number of ether oxygens (including phenoxy) is 1. The molecule has 9 heteroatoms. The molecule has 3 aliphatic heterocycles. The van der Waals surface area contributed by atoms with Crippen LogP contribution in [0.5, 0.6) is 0 Å². The van der Waals surface area contributed by atoms with Crippen molar-refractivity contribution in [1.29, 1.82) is 0 Å². The van der Waals surface area contributed by atoms with Crippen LogP contribution in [-0.2, 0) is 21.4 Å². The fourth-order valence-electron chi connectivity index (χ4n) is 8.20. The van der Waals surface area contributed by atoms with Crippen molar-refractivity contribution in [3.63, 3.8) is 0 Å². The first-order valence-corrected chi connectivity index (χ1v) is 17.4. The average molecular weight is 618 g/mol. The molecule has 236 valence electrons. The molecule has 3 aromatic rings. The second kappa shape index (κ2) is 11.9. The lowest BCUT2D eigenvalue weighted by atomic mass is 9.76. The quantitative estimate of drug-likeness (QED) is 0.331. The van der Waals surface area contributed by atoms with Crippen molar-refractivity contribution < 1.29 is 14.3 Å². The molecule has 3 N–H and O–H groups in total. The number of benzene rings is 1. The number of H-pyrrole nitrogens is 1. The van der Waals surface area contributed by atoms with Crippen LogP contribution in [0.15, 0.2) is 24.3 Å². The Hall–Kier alpha value is -2.72. The summed E-state index contributed by atoms with van der Waals surface area (Å²) in [4.78, 5) is 37.3. The average Bonchev–Trinajstić information content (AvgIpc) is 3.83. The Labute approximate surface area is 264 Å². The van der Waals surface area contributed by atoms with Crippen molar-refractivity contribution >= 4 is 33.4 Å². The van der Waals surface area contributed by atoms with Gasteiger partial charge in [0.05, 0.1) is 24.3 Å². The van der Waals surface area contributed by atoms with Crippen LogP contribution < -0.4 is 10.6 Å². The Morgan fingerprint density at radius 1 is 1.05 bits per heavy atom. The number of aromatic nitrogens is 1. The number of rotatable bonds is 8. The smallest absolute Gasteiger partial charge is 0.317 e. The highest BCUT2D eigenvalue weighted by molar-refractivity contribution is 7.19. The maximum Gasteiger partial charge on any atom is 0.317 e. The summed E-state index contributed by atoms with van der Waals surface area (Å²) >= 11 is 1.76. The van der Waals surface area contributed by atoms with Crippen LogP contribution in [0, 0.1) is 25.7 Å². The Morgan fingerprint density at radius 3 is 2.50 bits per heavy atom. The Balaban J connectivity index is 1.12. The lowest BCUT2D eigenvalue weighted by Gasteiger charge is -2.28. The van der Waals surface area contributed by atoms with Crippen molar-refractivity contribution in [1.82, 2.24) is 25.4 Å². The van der Waals surface area contributed by atoms with Crippen molar-refractivity contribution in [3.8, 4) is 11.3 Å². The SMILES string of the molecule is Cc1cc(C)cc(-c2[nH]c3sc(C(C)(C)C(=O)C4C5CCC4NC5)cc3c2CCN2CCC(NC(=O)N3CCOCC3)C2)c1. The number of urea groups is 1. The summed E-state index contributed by atoms with van der Waals surface area (Å²) in [5.41, 5.74) is 5.76. The van der Waals surface area contributed by atoms with E-state index in [9.17, 15) is 9.59 Å². The van der Waals surface area contributed by atoms with Gasteiger partial charge < -0.3 is 30.2 Å². The maximum atomic E-state index is 14.0. The van der Waals surface area contributed by atoms with Gasteiger partial charge in [-0.25, -0.2) is 4.79 Å². The van der Waals surface area contributed by atoms with Crippen LogP contribution in [-0.4, -0.2) is 91.2 Å². The van der Waals surface area contributed by atoms with Crippen LogP contribution in [0.1, 0.15) is 54.7 Å². The lowest BCUT2D eigenvalue weighted by molar-refractivity contribution is -0.128. The zero-order valence-electron chi connectivity index (χ0n) is 26.6. The molecule has 0 radical (unpaired) electrons. The largest absolute Gasteiger partial charge is 0.378 e. The van der Waals surface area contributed by atoms with Gasteiger partial charge in [-0.05, 0) is 95.2 Å². The summed E-state index contributed by atoms with van der Waals surface area (Å²) in [6.07, 6.45) is 4.18. The number of piperidine rings is 1. The third-order valence-electron chi connectivity index (χ3n) is 10.7. The lowest BCUT2D eigenvalue weighted by Crippen LogP contribution is -2.49. The van der Waals surface area contributed by atoms with Gasteiger partial charge in [0.1, 0.15) is 10.6 Å². The molecule has 1 saturated carbocycles. The summed E-state index contributed by atoms with van der Waals surface area (Å²) in [5.74, 6) is 1.03. The van der Waals surface area contributed by atoms with Crippen molar-refractivity contribution in [2.45, 2.75) is 70.9 Å². The maximum absolute atomic E-state index is 14.0. The third kappa shape index (κ3) is 5.61. The first-order valence-electron chi connectivity index (χ1n) is 16.5. The number of carbonyl (C=O) groups excluding carboxylic acids is 2. The molecule has 5 heterocycles. The number of amides is 2. The fraction of sp³-hybridized carbons (Fsp3) is 0.600. The minimum absolute atomic E-state index is 0.0361. The molecular weight excluding hydrogens is 570 g/mol. The van der Waals surface area contributed by atoms with E-state index >= 15 is 0 Å². The molecule has 8 nitrogen and oxygen atoms in total. The zero-order valence-corrected chi connectivity index (χ0v) is 27.4. The Bertz CT molecular complexity index is 1510. The number of nitrogens with zero attached hydrogens (tertiary/aromatic N) is 2. The summed E-state index contributed by atoms with van der Waals surface area (Å²) in [7, 11) is 0. The van der Waals surface area contributed by atoms with Crippen molar-refractivity contribution in [2.24, 2.45) is 11.8 Å². The van der Waals surface area contributed by atoms with E-state index < -0.39 is 5.41 Å². The van der Waals surface area contributed by atoms with Gasteiger partial charge in [-0.2, -0.15) is 0 Å². The molecule has 4 aliphatic rings. The van der Waals surface area contributed by atoms with Gasteiger partial charge in [-0.15, -0.1) is 11.3 Å². The number of ketones is 1. The van der Waals surface area contributed by atoms with Gasteiger partial charge in [0.15, 0.2) is 0 Å². The number of carbonyl (C=O) groups is 2. The van der Waals surface area contributed by atoms with Crippen molar-refractivity contribution in [3.05, 3.63) is 45.8 Å². The number of aromatic amines is 1. The number of likely N-dealkylation sites (tertiary alicyclic amines) is 1. The molecule has 1 aromatic carbocycles. The third-order valence-corrected chi connectivity index (χ3v) is 12.0. The topological polar surface area (TPSA) is 89.7 Å². The molecule has 4 atom stereocenters. The van der Waals surface area contributed by atoms with Crippen molar-refractivity contribution in [2.75, 3.05) is 52.5 Å². The van der Waals surface area contributed by atoms with Crippen LogP contribution in [0.25, 0.3) is 21.5 Å². The molecule has 2 aromatic heterocycles. The van der Waals surface area contributed by atoms with E-state index in [0.717, 1.165) is 55.1 Å². The van der Waals surface area contributed by atoms with Gasteiger partial charge in [-0.3, -0.25) is 4.79 Å². The molecule has 44 heavy (non-hydrogen) atoms. The van der Waals surface area contributed by atoms with Gasteiger partial charge >= 0.3 is 6.03 Å². The predicted molar refractivity (Wildman–Crippen MR) is 177 cm³/mol. The number of morpholine rings is 1. The number of nitrogens with one attached hydrogen (secondary N) is 3. The van der Waals surface area contributed by atoms with E-state index in [2.05, 4.69) is 72.5 Å². The molecule has 3 saturated heterocycles. The number of hydrogen-bond acceptors (Lipinski definition) is 6. The predicted octanol–water partition coefficient (Wildman–Crippen LogP) is 5.02. The highest BCUT2D eigenvalue weighted by Crippen LogP contribution is 2.45. The standard InChI is InChI=1S/C35H47N5O3S/c1-21-15-22(2)17-24(16-21)31-26(8-10-39-9-7-25(20-39)37-34(42)40-11-13-43-14-12-40)27-18-29(44-33(27)38-31)35(3,4)32(41)30-23-5-6-28(30)36-19-23/h15-18,23,25,28,30,36,38H,5-14,19-20H2,1-4H3,(H,37,42). The molecule has 2 amide bonds. The normalized spacial score (nSPS) is 25.8. The van der Waals surface area contributed by atoms with Crippen LogP contribution in [0.2, 0.25) is 0 Å². The van der Waals surface area contributed by atoms with E-state index in [0.29, 0.717) is 44.0 Å². The van der Waals surface area contributed by atoms with E-state index in [1.807, 2.05) is 4.90 Å². The molecule has 1 aliphatic carbocycles. The fourth-order valence-corrected chi connectivity index (χ4v) is 9.40. The summed E-state index contributed by atoms with van der Waals surface area (Å²) in [6.45, 7) is 14.9. The number of fused-ring (bicyclic) bond motifs is 3. The highest BCUT2D eigenvalue weighted by atomic mass is 32.1. The monoisotopic (exact) mass is 617 g/mol. The molecule has 2 bridgehead atoms. The summed E-state index contributed by atoms with van der Waals surface area (Å²) in [6, 6.07) is 9.65. The molecule has 7 rings (SSSR count). The first kappa shape index (κ1) is 30.0. The van der Waals surface area contributed by atoms with Gasteiger partial charge in [0, 0.05) is 61.0 Å². The van der Waals surface area contributed by atoms with Crippen LogP contribution >= 0.6 is 11.3 Å². The molecule has 4 fully saturated rings. The van der Waals surface area contributed by atoms with Gasteiger partial charge in [0.25, 0.3) is 0 Å². The number of hydrogen-bond donors (Lipinski definition) is 3. The van der Waals surface area contributed by atoms with E-state index in [1.54, 1.807) is 11.3 Å². The summed E-state index contributed by atoms with van der Waals surface area (Å²) < 4.78 is 5.40. The number of thiophene rings is 1. The van der Waals surface area contributed by atoms with Gasteiger partial charge in [0.2, 0.25) is 0 Å². The van der Waals surface area contributed by atoms with Crippen LogP contribution in [0.4, 0.5) is 4.79 Å². The minimum atomic E-state index is -0.514. The second-order valence-corrected chi connectivity index (χ2v) is 15.2.